The molecule has 4 aromatic rings. The van der Waals surface area contributed by atoms with Crippen molar-refractivity contribution in [2.45, 2.75) is 13.8 Å². The van der Waals surface area contributed by atoms with Gasteiger partial charge in [-0.05, 0) is 55.8 Å². The van der Waals surface area contributed by atoms with Crippen molar-refractivity contribution in [3.8, 4) is 5.69 Å². The van der Waals surface area contributed by atoms with Crippen molar-refractivity contribution in [3.05, 3.63) is 83.5 Å². The molecule has 0 saturated heterocycles. The molecule has 128 valence electrons. The topological polar surface area (TPSA) is 43.6 Å². The minimum atomic E-state index is -0.312. The van der Waals surface area contributed by atoms with Gasteiger partial charge in [0, 0.05) is 23.7 Å². The number of aryl methyl sites for hydroxylation is 1. The molecule has 0 saturated carbocycles. The minimum Gasteiger partial charge on any atom is -0.316 e. The minimum absolute atomic E-state index is 0.312. The molecule has 0 aliphatic heterocycles. The molecular formula is C21H17FN4. The predicted molar refractivity (Wildman–Crippen MR) is 101 cm³/mol. The molecule has 0 atom stereocenters. The van der Waals surface area contributed by atoms with Gasteiger partial charge in [-0.15, -0.1) is 0 Å². The Balaban J connectivity index is 1.69. The van der Waals surface area contributed by atoms with Gasteiger partial charge in [0.15, 0.2) is 0 Å². The van der Waals surface area contributed by atoms with Crippen LogP contribution in [0.1, 0.15) is 22.6 Å². The maximum absolute atomic E-state index is 13.4. The van der Waals surface area contributed by atoms with Gasteiger partial charge in [0.05, 0.1) is 34.8 Å². The van der Waals surface area contributed by atoms with E-state index in [0.717, 1.165) is 22.6 Å². The third kappa shape index (κ3) is 2.99. The molecule has 0 amide bonds. The van der Waals surface area contributed by atoms with E-state index in [9.17, 15) is 4.39 Å². The number of pyridine rings is 1. The smallest absolute Gasteiger partial charge is 0.125 e. The molecule has 1 aromatic carbocycles. The molecule has 3 heterocycles. The quantitative estimate of drug-likeness (QED) is 0.539. The van der Waals surface area contributed by atoms with Crippen LogP contribution in [0.15, 0.2) is 55.0 Å². The zero-order chi connectivity index (χ0) is 18.1. The summed E-state index contributed by atoms with van der Waals surface area (Å²) >= 11 is 0. The van der Waals surface area contributed by atoms with Crippen LogP contribution < -0.4 is 0 Å². The van der Waals surface area contributed by atoms with E-state index in [1.165, 1.54) is 12.1 Å². The van der Waals surface area contributed by atoms with Crippen molar-refractivity contribution in [1.29, 1.82) is 0 Å². The Labute approximate surface area is 150 Å². The fourth-order valence-electron chi connectivity index (χ4n) is 3.09. The number of benzene rings is 1. The zero-order valence-electron chi connectivity index (χ0n) is 14.5. The van der Waals surface area contributed by atoms with Crippen molar-refractivity contribution in [3.63, 3.8) is 0 Å². The molecule has 0 spiro atoms. The average Bonchev–Trinajstić information content (AvgIpc) is 2.94. The van der Waals surface area contributed by atoms with Crippen LogP contribution in [0.25, 0.3) is 28.9 Å². The highest BCUT2D eigenvalue weighted by molar-refractivity contribution is 5.77. The van der Waals surface area contributed by atoms with E-state index in [4.69, 9.17) is 0 Å². The molecule has 0 aliphatic rings. The predicted octanol–water partition coefficient (Wildman–Crippen LogP) is 4.74. The number of rotatable bonds is 3. The summed E-state index contributed by atoms with van der Waals surface area (Å²) in [4.78, 5) is 13.0. The molecule has 0 N–H and O–H groups in total. The zero-order valence-corrected chi connectivity index (χ0v) is 14.5. The van der Waals surface area contributed by atoms with Gasteiger partial charge in [-0.1, -0.05) is 6.08 Å². The average molecular weight is 344 g/mol. The lowest BCUT2D eigenvalue weighted by atomic mass is 10.2. The Morgan fingerprint density at radius 3 is 2.69 bits per heavy atom. The Kier molecular flexibility index (Phi) is 4.05. The summed E-state index contributed by atoms with van der Waals surface area (Å²) in [7, 11) is 0. The fraction of sp³-hybridized carbons (Fsp3) is 0.0952. The van der Waals surface area contributed by atoms with Gasteiger partial charge in [-0.25, -0.2) is 9.37 Å². The highest BCUT2D eigenvalue weighted by Crippen LogP contribution is 2.22. The molecule has 26 heavy (non-hydrogen) atoms. The Hall–Kier alpha value is -3.34. The van der Waals surface area contributed by atoms with E-state index in [0.29, 0.717) is 16.7 Å². The third-order valence-electron chi connectivity index (χ3n) is 4.33. The molecular weight excluding hydrogens is 327 g/mol. The van der Waals surface area contributed by atoms with Crippen molar-refractivity contribution in [1.82, 2.24) is 19.5 Å². The molecule has 3 aromatic heterocycles. The number of halogens is 1. The normalized spacial score (nSPS) is 11.5. The van der Waals surface area contributed by atoms with Gasteiger partial charge in [0.25, 0.3) is 0 Å². The lowest BCUT2D eigenvalue weighted by Gasteiger charge is -2.08. The highest BCUT2D eigenvalue weighted by Gasteiger charge is 2.09. The standard InChI is InChI=1S/C21H17FN4/c1-14-10-16(15(2)26(14)19-4-3-9-23-13-19)5-7-18-12-24-20-8-6-17(22)11-21(20)25-18/h3-13H,1-2H3. The van der Waals surface area contributed by atoms with Gasteiger partial charge < -0.3 is 4.57 Å². The molecule has 5 heteroatoms. The largest absolute Gasteiger partial charge is 0.316 e. The number of aromatic nitrogens is 4. The van der Waals surface area contributed by atoms with E-state index in [-0.39, 0.29) is 5.82 Å². The van der Waals surface area contributed by atoms with E-state index in [1.807, 2.05) is 30.5 Å². The van der Waals surface area contributed by atoms with Gasteiger partial charge in [-0.3, -0.25) is 9.97 Å². The van der Waals surface area contributed by atoms with Crippen LogP contribution in [0, 0.1) is 19.7 Å². The first-order chi connectivity index (χ1) is 12.6. The Bertz CT molecular complexity index is 1110. The van der Waals surface area contributed by atoms with Gasteiger partial charge in [-0.2, -0.15) is 0 Å². The van der Waals surface area contributed by atoms with Gasteiger partial charge in [0.1, 0.15) is 5.82 Å². The van der Waals surface area contributed by atoms with Crippen LogP contribution in [-0.4, -0.2) is 19.5 Å². The second-order valence-corrected chi connectivity index (χ2v) is 6.13. The van der Waals surface area contributed by atoms with Crippen LogP contribution in [0.5, 0.6) is 0 Å². The lowest BCUT2D eigenvalue weighted by Crippen LogP contribution is -1.99. The maximum Gasteiger partial charge on any atom is 0.125 e. The van der Waals surface area contributed by atoms with E-state index < -0.39 is 0 Å². The maximum atomic E-state index is 13.4. The third-order valence-corrected chi connectivity index (χ3v) is 4.33. The van der Waals surface area contributed by atoms with E-state index >= 15 is 0 Å². The molecule has 0 aliphatic carbocycles. The monoisotopic (exact) mass is 344 g/mol. The van der Waals surface area contributed by atoms with Gasteiger partial charge >= 0.3 is 0 Å². The summed E-state index contributed by atoms with van der Waals surface area (Å²) in [5.74, 6) is -0.312. The molecule has 4 rings (SSSR count). The number of hydrogen-bond acceptors (Lipinski definition) is 3. The van der Waals surface area contributed by atoms with Crippen LogP contribution in [0.3, 0.4) is 0 Å². The summed E-state index contributed by atoms with van der Waals surface area (Å²) in [6.07, 6.45) is 9.20. The van der Waals surface area contributed by atoms with Gasteiger partial charge in [0.2, 0.25) is 0 Å². The summed E-state index contributed by atoms with van der Waals surface area (Å²) < 4.78 is 15.5. The molecule has 0 radical (unpaired) electrons. The van der Waals surface area contributed by atoms with Crippen molar-refractivity contribution in [2.75, 3.05) is 0 Å². The van der Waals surface area contributed by atoms with Crippen LogP contribution in [-0.2, 0) is 0 Å². The summed E-state index contributed by atoms with van der Waals surface area (Å²) in [5.41, 5.74) is 6.28. The van der Waals surface area contributed by atoms with Crippen molar-refractivity contribution < 1.29 is 4.39 Å². The van der Waals surface area contributed by atoms with Crippen LogP contribution in [0.2, 0.25) is 0 Å². The van der Waals surface area contributed by atoms with Crippen molar-refractivity contribution in [2.24, 2.45) is 0 Å². The first-order valence-corrected chi connectivity index (χ1v) is 8.31. The Morgan fingerprint density at radius 2 is 1.88 bits per heavy atom. The highest BCUT2D eigenvalue weighted by atomic mass is 19.1. The Morgan fingerprint density at radius 1 is 1.00 bits per heavy atom. The second kappa shape index (κ2) is 6.52. The summed E-state index contributed by atoms with van der Waals surface area (Å²) in [5, 5.41) is 0. The van der Waals surface area contributed by atoms with Crippen LogP contribution in [0.4, 0.5) is 4.39 Å². The number of fused-ring (bicyclic) bond motifs is 1. The summed E-state index contributed by atoms with van der Waals surface area (Å²) in [6.45, 7) is 4.14. The molecule has 0 fully saturated rings. The summed E-state index contributed by atoms with van der Waals surface area (Å²) in [6, 6.07) is 10.5. The first-order valence-electron chi connectivity index (χ1n) is 8.31. The van der Waals surface area contributed by atoms with E-state index in [2.05, 4.69) is 39.4 Å². The lowest BCUT2D eigenvalue weighted by molar-refractivity contribution is 0.629. The molecule has 0 bridgehead atoms. The second-order valence-electron chi connectivity index (χ2n) is 6.13. The molecule has 0 unspecified atom stereocenters. The number of hydrogen-bond donors (Lipinski definition) is 0. The molecule has 4 nitrogen and oxygen atoms in total. The van der Waals surface area contributed by atoms with E-state index in [1.54, 1.807) is 18.5 Å². The number of nitrogens with zero attached hydrogens (tertiary/aromatic N) is 4. The fourth-order valence-corrected chi connectivity index (χ4v) is 3.09. The first kappa shape index (κ1) is 16.1. The SMILES string of the molecule is Cc1cc(C=Cc2cnc3ccc(F)cc3n2)c(C)n1-c1cccnc1. The van der Waals surface area contributed by atoms with Crippen LogP contribution >= 0.6 is 0 Å². The van der Waals surface area contributed by atoms with Crippen molar-refractivity contribution >= 4 is 23.2 Å².